The monoisotopic (exact) mass is 384 g/mol. The molecule has 1 N–H and O–H groups in total. The summed E-state index contributed by atoms with van der Waals surface area (Å²) in [7, 11) is 3.71. The number of amides is 1. The molecule has 1 saturated carbocycles. The Hall–Kier alpha value is -2.44. The van der Waals surface area contributed by atoms with E-state index >= 15 is 0 Å². The summed E-state index contributed by atoms with van der Waals surface area (Å²) in [5, 5.41) is 7.21. The fraction of sp³-hybridized carbons (Fsp3) is 0.455. The van der Waals surface area contributed by atoms with Crippen molar-refractivity contribution in [3.8, 4) is 0 Å². The van der Waals surface area contributed by atoms with Gasteiger partial charge < -0.3 is 10.1 Å². The lowest BCUT2D eigenvalue weighted by Gasteiger charge is -2.40. The number of methoxy groups -OCH3 is 1. The van der Waals surface area contributed by atoms with E-state index < -0.39 is 0 Å². The lowest BCUT2D eigenvalue weighted by atomic mass is 10.0. The van der Waals surface area contributed by atoms with Crippen molar-refractivity contribution >= 4 is 17.3 Å². The molecule has 1 unspecified atom stereocenters. The second-order valence-electron chi connectivity index (χ2n) is 6.99. The molecule has 0 saturated heterocycles. The quantitative estimate of drug-likeness (QED) is 0.845. The number of likely N-dealkylation sites (N-methyl/N-ethyl adjacent to an activating group) is 1. The highest BCUT2D eigenvalue weighted by Crippen LogP contribution is 2.30. The van der Waals surface area contributed by atoms with Crippen LogP contribution in [0.1, 0.15) is 39.2 Å². The molecule has 1 aliphatic carbocycles. The predicted octanol–water partition coefficient (Wildman–Crippen LogP) is 3.43. The maximum absolute atomic E-state index is 12.1. The number of hydrogen-bond donors (Lipinski definition) is 1. The number of hydrogen-bond acceptors (Lipinski definition) is 5. The SMILES string of the molecule is CC.COCc1ccc(C2=CC=CN3C2=NC(NC(=O)C2CC2)CN3C)cc1.[HH]. The fourth-order valence-corrected chi connectivity index (χ4v) is 3.30. The largest absolute Gasteiger partial charge is 0.380 e. The first kappa shape index (κ1) is 20.3. The van der Waals surface area contributed by atoms with Crippen LogP contribution in [0.4, 0.5) is 0 Å². The second kappa shape index (κ2) is 9.17. The van der Waals surface area contributed by atoms with Gasteiger partial charge in [0.15, 0.2) is 5.84 Å². The van der Waals surface area contributed by atoms with Crippen LogP contribution in [0.15, 0.2) is 47.6 Å². The van der Waals surface area contributed by atoms with E-state index in [0.717, 1.165) is 35.4 Å². The van der Waals surface area contributed by atoms with Crippen molar-refractivity contribution in [3.05, 3.63) is 53.7 Å². The first-order chi connectivity index (χ1) is 13.7. The van der Waals surface area contributed by atoms with Gasteiger partial charge in [-0.15, -0.1) is 0 Å². The van der Waals surface area contributed by atoms with Gasteiger partial charge in [-0.2, -0.15) is 0 Å². The Morgan fingerprint density at radius 2 is 2.00 bits per heavy atom. The van der Waals surface area contributed by atoms with Gasteiger partial charge in [0.1, 0.15) is 6.17 Å². The number of carbonyl (C=O) groups excluding carboxylic acids is 1. The Labute approximate surface area is 169 Å². The number of benzene rings is 1. The molecule has 2 aliphatic heterocycles. The Bertz CT molecular complexity index is 785. The van der Waals surface area contributed by atoms with Crippen LogP contribution in [0.25, 0.3) is 5.57 Å². The molecule has 6 nitrogen and oxygen atoms in total. The lowest BCUT2D eigenvalue weighted by molar-refractivity contribution is -0.123. The standard InChI is InChI=1S/C20H24N4O2.C2H6.H2/c1-23-12-18(22-20(25)16-9-10-16)21-19-17(4-3-11-24(19)23)15-7-5-14(6-8-15)13-26-2;1-2;/h3-8,11,16,18H,9-10,12-13H2,1-2H3,(H,22,25);1-2H3;1H. The van der Waals surface area contributed by atoms with E-state index in [-0.39, 0.29) is 19.4 Å². The molecule has 6 heteroatoms. The summed E-state index contributed by atoms with van der Waals surface area (Å²) < 4.78 is 5.18. The molecule has 0 bridgehead atoms. The zero-order chi connectivity index (χ0) is 20.1. The Morgan fingerprint density at radius 3 is 2.64 bits per heavy atom. The van der Waals surface area contributed by atoms with Crippen molar-refractivity contribution < 1.29 is 11.0 Å². The molecule has 152 valence electrons. The van der Waals surface area contributed by atoms with Crippen molar-refractivity contribution in [2.24, 2.45) is 10.9 Å². The number of carbonyl (C=O) groups is 1. The highest BCUT2D eigenvalue weighted by Gasteiger charge is 2.34. The van der Waals surface area contributed by atoms with E-state index in [2.05, 4.69) is 40.7 Å². The van der Waals surface area contributed by atoms with Crippen LogP contribution in [-0.2, 0) is 16.1 Å². The van der Waals surface area contributed by atoms with Crippen molar-refractivity contribution in [2.75, 3.05) is 20.7 Å². The summed E-state index contributed by atoms with van der Waals surface area (Å²) in [6.45, 7) is 5.26. The molecule has 4 rings (SSSR count). The summed E-state index contributed by atoms with van der Waals surface area (Å²) in [5.41, 5.74) is 3.28. The topological polar surface area (TPSA) is 57.2 Å². The molecule has 0 aromatic heterocycles. The van der Waals surface area contributed by atoms with E-state index in [1.807, 2.05) is 38.2 Å². The first-order valence-corrected chi connectivity index (χ1v) is 10.0. The van der Waals surface area contributed by atoms with Crippen molar-refractivity contribution in [1.82, 2.24) is 15.3 Å². The highest BCUT2D eigenvalue weighted by molar-refractivity contribution is 6.24. The number of amidine groups is 1. The summed E-state index contributed by atoms with van der Waals surface area (Å²) >= 11 is 0. The normalized spacial score (nSPS) is 21.1. The molecular weight excluding hydrogens is 352 g/mol. The van der Waals surface area contributed by atoms with Crippen LogP contribution in [-0.4, -0.2) is 48.6 Å². The van der Waals surface area contributed by atoms with Crippen LogP contribution in [0.2, 0.25) is 0 Å². The van der Waals surface area contributed by atoms with Gasteiger partial charge in [-0.3, -0.25) is 9.80 Å². The number of hydrazine groups is 1. The minimum absolute atomic E-state index is 0. The molecule has 1 amide bonds. The number of nitrogens with one attached hydrogen (secondary N) is 1. The second-order valence-corrected chi connectivity index (χ2v) is 6.99. The van der Waals surface area contributed by atoms with Gasteiger partial charge in [-0.1, -0.05) is 38.1 Å². The summed E-state index contributed by atoms with van der Waals surface area (Å²) in [4.78, 5) is 17.0. The number of rotatable bonds is 5. The van der Waals surface area contributed by atoms with Gasteiger partial charge in [0.2, 0.25) is 5.91 Å². The third-order valence-electron chi connectivity index (χ3n) is 4.86. The zero-order valence-corrected chi connectivity index (χ0v) is 17.2. The van der Waals surface area contributed by atoms with E-state index in [1.54, 1.807) is 7.11 Å². The van der Waals surface area contributed by atoms with E-state index in [9.17, 15) is 4.79 Å². The van der Waals surface area contributed by atoms with Crippen LogP contribution in [0, 0.1) is 5.92 Å². The smallest absolute Gasteiger partial charge is 0.224 e. The van der Waals surface area contributed by atoms with Crippen LogP contribution in [0.3, 0.4) is 0 Å². The van der Waals surface area contributed by atoms with Crippen LogP contribution in [0.5, 0.6) is 0 Å². The molecule has 0 radical (unpaired) electrons. The van der Waals surface area contributed by atoms with E-state index in [4.69, 9.17) is 9.73 Å². The Kier molecular flexibility index (Phi) is 6.65. The number of nitrogens with zero attached hydrogens (tertiary/aromatic N) is 3. The average molecular weight is 385 g/mol. The third-order valence-corrected chi connectivity index (χ3v) is 4.86. The minimum Gasteiger partial charge on any atom is -0.380 e. The molecule has 0 spiro atoms. The number of fused-ring (bicyclic) bond motifs is 1. The molecule has 1 atom stereocenters. The van der Waals surface area contributed by atoms with Crippen molar-refractivity contribution in [3.63, 3.8) is 0 Å². The third kappa shape index (κ3) is 4.51. The maximum atomic E-state index is 12.1. The molecule has 2 heterocycles. The van der Waals surface area contributed by atoms with Crippen molar-refractivity contribution in [1.29, 1.82) is 0 Å². The van der Waals surface area contributed by atoms with Crippen LogP contribution < -0.4 is 5.32 Å². The van der Waals surface area contributed by atoms with Gasteiger partial charge in [0.25, 0.3) is 0 Å². The highest BCUT2D eigenvalue weighted by atomic mass is 16.5. The average Bonchev–Trinajstić information content (AvgIpc) is 3.56. The molecule has 3 aliphatic rings. The Morgan fingerprint density at radius 1 is 1.29 bits per heavy atom. The first-order valence-electron chi connectivity index (χ1n) is 10.0. The van der Waals surface area contributed by atoms with Gasteiger partial charge >= 0.3 is 0 Å². The van der Waals surface area contributed by atoms with E-state index in [1.165, 1.54) is 0 Å². The summed E-state index contributed by atoms with van der Waals surface area (Å²) in [6.07, 6.45) is 7.87. The Balaban J connectivity index is 0.000000970. The molecule has 1 aromatic carbocycles. The molecular formula is C22H32N4O2. The summed E-state index contributed by atoms with van der Waals surface area (Å²) in [6, 6.07) is 8.32. The predicted molar refractivity (Wildman–Crippen MR) is 114 cm³/mol. The summed E-state index contributed by atoms with van der Waals surface area (Å²) in [5.74, 6) is 1.18. The molecule has 1 fully saturated rings. The van der Waals surface area contributed by atoms with Crippen molar-refractivity contribution in [2.45, 2.75) is 39.5 Å². The number of ether oxygens (including phenoxy) is 1. The van der Waals surface area contributed by atoms with Gasteiger partial charge in [-0.05, 0) is 36.1 Å². The number of allylic oxidation sites excluding steroid dienone is 2. The van der Waals surface area contributed by atoms with E-state index in [0.29, 0.717) is 13.2 Å². The molecule has 1 aromatic rings. The number of aliphatic imine (C=N–C) groups is 1. The molecule has 28 heavy (non-hydrogen) atoms. The lowest BCUT2D eigenvalue weighted by Crippen LogP contribution is -2.54. The zero-order valence-electron chi connectivity index (χ0n) is 17.2. The van der Waals surface area contributed by atoms with Gasteiger partial charge in [0.05, 0.1) is 13.2 Å². The van der Waals surface area contributed by atoms with Gasteiger partial charge in [0, 0.05) is 33.3 Å². The maximum Gasteiger partial charge on any atom is 0.224 e. The van der Waals surface area contributed by atoms with Crippen LogP contribution >= 0.6 is 0 Å². The van der Waals surface area contributed by atoms with Gasteiger partial charge in [-0.25, -0.2) is 10.0 Å². The minimum atomic E-state index is -0.220. The fourth-order valence-electron chi connectivity index (χ4n) is 3.30.